The summed E-state index contributed by atoms with van der Waals surface area (Å²) < 4.78 is 0. The van der Waals surface area contributed by atoms with Crippen LogP contribution in [0.25, 0.3) is 0 Å². The lowest BCUT2D eigenvalue weighted by atomic mass is 10.1. The van der Waals surface area contributed by atoms with Gasteiger partial charge in [-0.2, -0.15) is 10.1 Å². The second-order valence-corrected chi connectivity index (χ2v) is 8.86. The average Bonchev–Trinajstić information content (AvgIpc) is 3.73. The maximum atomic E-state index is 12.3. The van der Waals surface area contributed by atoms with Crippen molar-refractivity contribution in [2.24, 2.45) is 4.99 Å². The van der Waals surface area contributed by atoms with Crippen LogP contribution in [0.2, 0.25) is 0 Å². The first-order valence-corrected chi connectivity index (χ1v) is 11.1. The van der Waals surface area contributed by atoms with Crippen molar-refractivity contribution in [3.8, 4) is 0 Å². The van der Waals surface area contributed by atoms with Crippen LogP contribution in [-0.4, -0.2) is 40.5 Å². The number of amidine groups is 1. The zero-order valence-corrected chi connectivity index (χ0v) is 17.8. The van der Waals surface area contributed by atoms with Crippen molar-refractivity contribution in [2.45, 2.75) is 37.6 Å². The molecule has 0 bridgehead atoms. The van der Waals surface area contributed by atoms with Crippen molar-refractivity contribution in [1.82, 2.24) is 15.5 Å². The fourth-order valence-electron chi connectivity index (χ4n) is 4.06. The molecule has 1 atom stereocenters. The predicted octanol–water partition coefficient (Wildman–Crippen LogP) is -0.201. The number of aromatic nitrogens is 2. The van der Waals surface area contributed by atoms with Gasteiger partial charge < -0.3 is 20.1 Å². The summed E-state index contributed by atoms with van der Waals surface area (Å²) in [7, 11) is 0. The molecule has 6 rings (SSSR count). The Morgan fingerprint density at radius 2 is 1.94 bits per heavy atom. The number of hydrogen-bond donors (Lipinski definition) is 4. The fraction of sp³-hybridized carbons (Fsp3) is 0.304. The van der Waals surface area contributed by atoms with Gasteiger partial charge in [0.05, 0.1) is 12.2 Å². The van der Waals surface area contributed by atoms with E-state index >= 15 is 0 Å². The van der Waals surface area contributed by atoms with E-state index in [4.69, 9.17) is 0 Å². The van der Waals surface area contributed by atoms with E-state index in [1.54, 1.807) is 12.1 Å². The molecule has 10 nitrogen and oxygen atoms in total. The molecular weight excluding hydrogens is 422 g/mol. The van der Waals surface area contributed by atoms with Gasteiger partial charge in [0, 0.05) is 35.0 Å². The second kappa shape index (κ2) is 7.59. The molecule has 4 aliphatic rings. The molecule has 1 unspecified atom stereocenters. The topological polar surface area (TPSA) is 130 Å². The molecule has 0 spiro atoms. The van der Waals surface area contributed by atoms with Crippen molar-refractivity contribution < 1.29 is 19.6 Å². The van der Waals surface area contributed by atoms with Gasteiger partial charge >= 0.3 is 0 Å². The summed E-state index contributed by atoms with van der Waals surface area (Å²) in [6.07, 6.45) is 7.85. The first-order chi connectivity index (χ1) is 16.0. The van der Waals surface area contributed by atoms with Crippen LogP contribution in [0.4, 0.5) is 11.5 Å². The minimum absolute atomic E-state index is 0.0656. The molecule has 2 fully saturated rings. The summed E-state index contributed by atoms with van der Waals surface area (Å²) in [4.78, 5) is 30.7. The number of carbonyl (C=O) groups excluding carboxylic acids is 2. The minimum atomic E-state index is -1.31. The Hall–Kier alpha value is -3.92. The molecule has 0 radical (unpaired) electrons. The standard InChI is InChI=1S/C23H23N7O3/c31-22(24-15-5-6-15)14-3-7-16(8-4-14)29-11-20-25-18(23(32)33)10-30(20)21(12-29)26-19-9-17(27-28-19)13-1-2-13/h3-4,7-10,12-13,15H,1-2,5-6,11H2,(H,24,31)(H,32,33)(H2,26,27,28). The average molecular weight is 445 g/mol. The summed E-state index contributed by atoms with van der Waals surface area (Å²) >= 11 is 0. The van der Waals surface area contributed by atoms with E-state index in [1.165, 1.54) is 19.0 Å². The monoisotopic (exact) mass is 445 g/mol. The van der Waals surface area contributed by atoms with Gasteiger partial charge in [-0.05, 0) is 49.9 Å². The molecule has 4 N–H and O–H groups in total. The van der Waals surface area contributed by atoms with E-state index in [-0.39, 0.29) is 11.6 Å². The Morgan fingerprint density at radius 3 is 2.64 bits per heavy atom. The number of hydrogen-bond acceptors (Lipinski definition) is 7. The van der Waals surface area contributed by atoms with Crippen molar-refractivity contribution in [3.05, 3.63) is 65.5 Å². The normalized spacial score (nSPS) is 21.6. The SMILES string of the molecule is O=C([O-])C1=C[NH+]2C(Nc3cc(C4CC4)[nH]n3)=CN(c3ccc(C(=O)NC4CC4)cc3)CC2=N1. The molecule has 3 heterocycles. The van der Waals surface area contributed by atoms with Crippen LogP contribution in [0, 0.1) is 0 Å². The third-order valence-corrected chi connectivity index (χ3v) is 6.20. The van der Waals surface area contributed by atoms with E-state index < -0.39 is 5.97 Å². The molecule has 2 saturated carbocycles. The van der Waals surface area contributed by atoms with Gasteiger partial charge in [-0.25, -0.2) is 4.90 Å². The number of aliphatic carboxylic acids is 1. The van der Waals surface area contributed by atoms with Crippen LogP contribution < -0.4 is 25.5 Å². The Bertz CT molecular complexity index is 1220. The van der Waals surface area contributed by atoms with E-state index in [0.29, 0.717) is 46.4 Å². The summed E-state index contributed by atoms with van der Waals surface area (Å²) in [5.41, 5.74) is 2.48. The van der Waals surface area contributed by atoms with Crippen molar-refractivity contribution in [3.63, 3.8) is 0 Å². The zero-order valence-electron chi connectivity index (χ0n) is 17.8. The summed E-state index contributed by atoms with van der Waals surface area (Å²) in [6, 6.07) is 9.64. The number of nitrogens with one attached hydrogen (secondary N) is 4. The smallest absolute Gasteiger partial charge is 0.251 e. The molecule has 1 aromatic carbocycles. The summed E-state index contributed by atoms with van der Waals surface area (Å²) in [5.74, 6) is 1.16. The van der Waals surface area contributed by atoms with Gasteiger partial charge in [-0.15, -0.1) is 0 Å². The molecule has 2 aliphatic carbocycles. The first kappa shape index (κ1) is 19.7. The predicted molar refractivity (Wildman–Crippen MR) is 118 cm³/mol. The highest BCUT2D eigenvalue weighted by atomic mass is 16.4. The maximum absolute atomic E-state index is 12.3. The molecule has 10 heteroatoms. The lowest BCUT2D eigenvalue weighted by Crippen LogP contribution is -3.10. The van der Waals surface area contributed by atoms with Crippen molar-refractivity contribution >= 4 is 29.2 Å². The minimum Gasteiger partial charge on any atom is -0.543 e. The van der Waals surface area contributed by atoms with Gasteiger partial charge in [0.25, 0.3) is 5.91 Å². The van der Waals surface area contributed by atoms with Crippen LogP contribution in [0.1, 0.15) is 47.7 Å². The molecule has 2 aliphatic heterocycles. The Kier molecular flexibility index (Phi) is 4.54. The molecule has 168 valence electrons. The van der Waals surface area contributed by atoms with Crippen LogP contribution in [0.3, 0.4) is 0 Å². The van der Waals surface area contributed by atoms with E-state index in [9.17, 15) is 14.7 Å². The Labute approximate surface area is 189 Å². The van der Waals surface area contributed by atoms with Crippen molar-refractivity contribution in [2.75, 3.05) is 16.8 Å². The maximum Gasteiger partial charge on any atom is 0.251 e. The first-order valence-electron chi connectivity index (χ1n) is 11.1. The third kappa shape index (κ3) is 4.00. The second-order valence-electron chi connectivity index (χ2n) is 8.86. The molecule has 0 saturated heterocycles. The van der Waals surface area contributed by atoms with E-state index in [0.717, 1.165) is 24.2 Å². The van der Waals surface area contributed by atoms with Crippen LogP contribution in [0.5, 0.6) is 0 Å². The summed E-state index contributed by atoms with van der Waals surface area (Å²) in [5, 5.41) is 25.1. The number of aromatic amines is 1. The molecule has 1 aromatic heterocycles. The molecular formula is C23H23N7O3. The van der Waals surface area contributed by atoms with Crippen LogP contribution >= 0.6 is 0 Å². The quantitative estimate of drug-likeness (QED) is 0.467. The number of aliphatic imine (C=N–C) groups is 1. The highest BCUT2D eigenvalue weighted by molar-refractivity contribution is 5.95. The van der Waals surface area contributed by atoms with Gasteiger partial charge in [0.1, 0.15) is 18.4 Å². The number of nitrogens with zero attached hydrogens (tertiary/aromatic N) is 3. The molecule has 33 heavy (non-hydrogen) atoms. The number of carboxylic acid groups (broad SMARTS) is 1. The number of H-pyrrole nitrogens is 1. The summed E-state index contributed by atoms with van der Waals surface area (Å²) in [6.45, 7) is 0.398. The van der Waals surface area contributed by atoms with E-state index in [2.05, 4.69) is 25.8 Å². The number of quaternary nitrogens is 1. The van der Waals surface area contributed by atoms with Crippen LogP contribution in [0.15, 0.2) is 59.2 Å². The highest BCUT2D eigenvalue weighted by Crippen LogP contribution is 2.39. The van der Waals surface area contributed by atoms with E-state index in [1.807, 2.05) is 29.3 Å². The number of amides is 1. The number of benzene rings is 1. The number of rotatable bonds is 7. The van der Waals surface area contributed by atoms with Crippen LogP contribution in [-0.2, 0) is 4.79 Å². The lowest BCUT2D eigenvalue weighted by Gasteiger charge is -2.28. The van der Waals surface area contributed by atoms with Gasteiger partial charge in [-0.3, -0.25) is 15.2 Å². The van der Waals surface area contributed by atoms with Gasteiger partial charge in [-0.1, -0.05) is 0 Å². The third-order valence-electron chi connectivity index (χ3n) is 6.20. The molecule has 2 aromatic rings. The Balaban J connectivity index is 1.27. The fourth-order valence-corrected chi connectivity index (χ4v) is 4.06. The number of fused-ring (bicyclic) bond motifs is 1. The Morgan fingerprint density at radius 1 is 1.15 bits per heavy atom. The lowest BCUT2D eigenvalue weighted by molar-refractivity contribution is -0.698. The highest BCUT2D eigenvalue weighted by Gasteiger charge is 2.35. The van der Waals surface area contributed by atoms with Gasteiger partial charge in [0.2, 0.25) is 11.7 Å². The molecule has 1 amide bonds. The van der Waals surface area contributed by atoms with Gasteiger partial charge in [0.15, 0.2) is 5.82 Å². The van der Waals surface area contributed by atoms with Crippen molar-refractivity contribution in [1.29, 1.82) is 0 Å². The zero-order chi connectivity index (χ0) is 22.5. The number of anilines is 2. The number of carbonyl (C=O) groups is 2. The largest absolute Gasteiger partial charge is 0.543 e. The number of carboxylic acids is 1.